The number of rotatable bonds is 11. The van der Waals surface area contributed by atoms with Crippen LogP contribution in [0.4, 0.5) is 31.9 Å². The molecule has 1 aromatic heterocycles. The van der Waals surface area contributed by atoms with Crippen LogP contribution in [0.15, 0.2) is 90.0 Å². The van der Waals surface area contributed by atoms with E-state index in [0.717, 1.165) is 24.6 Å². The van der Waals surface area contributed by atoms with Crippen LogP contribution in [0.2, 0.25) is 0 Å². The fourth-order valence-corrected chi connectivity index (χ4v) is 3.98. The number of primary sulfonamides is 1. The Hall–Kier alpha value is -3.93. The van der Waals surface area contributed by atoms with E-state index in [9.17, 15) is 17.2 Å². The molecule has 0 aliphatic carbocycles. The van der Waals surface area contributed by atoms with E-state index in [-0.39, 0.29) is 29.9 Å². The summed E-state index contributed by atoms with van der Waals surface area (Å²) in [7, 11) is -3.79. The van der Waals surface area contributed by atoms with Crippen LogP contribution in [0, 0.1) is 5.82 Å². The zero-order valence-corrected chi connectivity index (χ0v) is 22.0. The molecule has 0 saturated heterocycles. The van der Waals surface area contributed by atoms with Crippen molar-refractivity contribution in [1.82, 2.24) is 9.97 Å². The van der Waals surface area contributed by atoms with Crippen LogP contribution in [0.25, 0.3) is 0 Å². The van der Waals surface area contributed by atoms with Gasteiger partial charge in [-0.05, 0) is 73.2 Å². The minimum absolute atomic E-state index is 0.0274. The zero-order chi connectivity index (χ0) is 28.1. The standard InChI is InChI=1S/C19H19F2N5O2S.C9H12O/c20-11-1-2-13-3-5-14(6-4-13)24-18-17(21)12-23-19(26-18)25-15-7-9-16(10-8-15)29(22,27)28;10-8-4-7-9-5-2-1-3-6-9/h3-10,12H,1-2,11H2,(H2,22,27,28)(H2,23,24,25,26);1-3,5-6,10H,4,7-8H2. The molecule has 0 amide bonds. The van der Waals surface area contributed by atoms with Gasteiger partial charge in [0.2, 0.25) is 16.0 Å². The highest BCUT2D eigenvalue weighted by atomic mass is 32.2. The van der Waals surface area contributed by atoms with Gasteiger partial charge in [0, 0.05) is 18.0 Å². The fraction of sp³-hybridized carbons (Fsp3) is 0.214. The predicted octanol–water partition coefficient (Wildman–Crippen LogP) is 5.26. The molecule has 39 heavy (non-hydrogen) atoms. The van der Waals surface area contributed by atoms with Gasteiger partial charge in [0.15, 0.2) is 11.6 Å². The highest BCUT2D eigenvalue weighted by Crippen LogP contribution is 2.22. The highest BCUT2D eigenvalue weighted by molar-refractivity contribution is 7.89. The first-order valence-corrected chi connectivity index (χ1v) is 13.8. The first-order chi connectivity index (χ1) is 18.8. The Labute approximate surface area is 227 Å². The lowest BCUT2D eigenvalue weighted by Gasteiger charge is -2.10. The summed E-state index contributed by atoms with van der Waals surface area (Å²) in [5.74, 6) is -0.543. The summed E-state index contributed by atoms with van der Waals surface area (Å²) >= 11 is 0. The SMILES string of the molecule is NS(=O)(=O)c1ccc(Nc2ncc(F)c(Nc3ccc(CCCF)cc3)n2)cc1.OCCCc1ccccc1. The van der Waals surface area contributed by atoms with Gasteiger partial charge in [-0.1, -0.05) is 42.5 Å². The third-order valence-electron chi connectivity index (χ3n) is 5.47. The molecule has 0 saturated carbocycles. The molecule has 0 aliphatic heterocycles. The average molecular weight is 556 g/mol. The van der Waals surface area contributed by atoms with E-state index in [1.165, 1.54) is 29.8 Å². The molecular weight excluding hydrogens is 524 g/mol. The minimum atomic E-state index is -3.79. The number of alkyl halides is 1. The topological polar surface area (TPSA) is 130 Å². The number of hydrogen-bond acceptors (Lipinski definition) is 7. The second-order valence-corrected chi connectivity index (χ2v) is 10.1. The number of nitrogens with two attached hydrogens (primary N) is 1. The van der Waals surface area contributed by atoms with Crippen LogP contribution in [0.5, 0.6) is 0 Å². The van der Waals surface area contributed by atoms with Gasteiger partial charge in [-0.2, -0.15) is 4.98 Å². The number of aromatic nitrogens is 2. The van der Waals surface area contributed by atoms with Gasteiger partial charge >= 0.3 is 0 Å². The fourth-order valence-electron chi connectivity index (χ4n) is 3.46. The molecule has 0 aliphatic rings. The number of aliphatic hydroxyl groups excluding tert-OH is 1. The summed E-state index contributed by atoms with van der Waals surface area (Å²) in [5.41, 5.74) is 3.42. The largest absolute Gasteiger partial charge is 0.396 e. The quantitative estimate of drug-likeness (QED) is 0.199. The third kappa shape index (κ3) is 10.0. The molecule has 1 heterocycles. The maximum absolute atomic E-state index is 14.1. The molecule has 8 nitrogen and oxygen atoms in total. The molecule has 0 unspecified atom stereocenters. The Morgan fingerprint density at radius 3 is 2.03 bits per heavy atom. The normalized spacial score (nSPS) is 10.9. The van der Waals surface area contributed by atoms with Gasteiger partial charge in [0.25, 0.3) is 0 Å². The van der Waals surface area contributed by atoms with Gasteiger partial charge < -0.3 is 15.7 Å². The number of hydrogen-bond donors (Lipinski definition) is 4. The van der Waals surface area contributed by atoms with Crippen molar-refractivity contribution in [1.29, 1.82) is 0 Å². The lowest BCUT2D eigenvalue weighted by molar-refractivity contribution is 0.288. The number of nitrogens with one attached hydrogen (secondary N) is 2. The molecule has 0 bridgehead atoms. The Morgan fingerprint density at radius 1 is 0.821 bits per heavy atom. The minimum Gasteiger partial charge on any atom is -0.396 e. The van der Waals surface area contributed by atoms with E-state index in [4.69, 9.17) is 10.2 Å². The molecule has 4 aromatic rings. The molecule has 0 spiro atoms. The number of anilines is 4. The van der Waals surface area contributed by atoms with Crippen molar-refractivity contribution in [3.63, 3.8) is 0 Å². The Kier molecular flexibility index (Phi) is 11.3. The van der Waals surface area contributed by atoms with E-state index < -0.39 is 15.8 Å². The molecule has 0 radical (unpaired) electrons. The molecule has 4 rings (SSSR count). The summed E-state index contributed by atoms with van der Waals surface area (Å²) in [6.07, 6.45) is 3.96. The van der Waals surface area contributed by atoms with E-state index in [0.29, 0.717) is 24.2 Å². The number of nitrogens with zero attached hydrogens (tertiary/aromatic N) is 2. The maximum atomic E-state index is 14.1. The van der Waals surface area contributed by atoms with Gasteiger partial charge in [0.1, 0.15) is 0 Å². The van der Waals surface area contributed by atoms with Gasteiger partial charge in [-0.3, -0.25) is 4.39 Å². The zero-order valence-electron chi connectivity index (χ0n) is 21.2. The van der Waals surface area contributed by atoms with Gasteiger partial charge in [-0.15, -0.1) is 0 Å². The maximum Gasteiger partial charge on any atom is 0.238 e. The van der Waals surface area contributed by atoms with Crippen LogP contribution < -0.4 is 15.8 Å². The summed E-state index contributed by atoms with van der Waals surface area (Å²) in [6, 6.07) is 23.1. The first kappa shape index (κ1) is 29.6. The number of benzene rings is 3. The second-order valence-electron chi connectivity index (χ2n) is 8.51. The van der Waals surface area contributed by atoms with Crippen molar-refractivity contribution in [2.45, 2.75) is 30.6 Å². The van der Waals surface area contributed by atoms with Gasteiger partial charge in [0.05, 0.1) is 17.8 Å². The van der Waals surface area contributed by atoms with Crippen LogP contribution in [0.3, 0.4) is 0 Å². The van der Waals surface area contributed by atoms with E-state index in [2.05, 4.69) is 32.7 Å². The van der Waals surface area contributed by atoms with Crippen LogP contribution in [-0.2, 0) is 22.9 Å². The van der Waals surface area contributed by atoms with Crippen molar-refractivity contribution in [2.24, 2.45) is 5.14 Å². The molecule has 206 valence electrons. The van der Waals surface area contributed by atoms with Crippen molar-refractivity contribution >= 4 is 33.2 Å². The third-order valence-corrected chi connectivity index (χ3v) is 6.39. The lowest BCUT2D eigenvalue weighted by Crippen LogP contribution is -2.11. The number of aliphatic hydroxyl groups is 1. The van der Waals surface area contributed by atoms with E-state index in [1.54, 1.807) is 12.1 Å². The molecule has 0 atom stereocenters. The second kappa shape index (κ2) is 14.9. The number of aryl methyl sites for hydroxylation is 2. The monoisotopic (exact) mass is 555 g/mol. The van der Waals surface area contributed by atoms with Crippen LogP contribution in [0.1, 0.15) is 24.0 Å². The molecule has 0 fully saturated rings. The first-order valence-electron chi connectivity index (χ1n) is 12.3. The smallest absolute Gasteiger partial charge is 0.238 e. The van der Waals surface area contributed by atoms with Crippen molar-refractivity contribution in [2.75, 3.05) is 23.9 Å². The Bertz CT molecular complexity index is 1410. The summed E-state index contributed by atoms with van der Waals surface area (Å²) < 4.78 is 48.9. The predicted molar refractivity (Wildman–Crippen MR) is 149 cm³/mol. The number of halogens is 2. The molecular formula is C28H31F2N5O3S. The molecule has 3 aromatic carbocycles. The average Bonchev–Trinajstić information content (AvgIpc) is 2.94. The summed E-state index contributed by atoms with van der Waals surface area (Å²) in [6.45, 7) is -0.0818. The summed E-state index contributed by atoms with van der Waals surface area (Å²) in [5, 5.41) is 19.3. The van der Waals surface area contributed by atoms with Crippen molar-refractivity contribution in [3.05, 3.63) is 102 Å². The summed E-state index contributed by atoms with van der Waals surface area (Å²) in [4.78, 5) is 7.96. The Balaban J connectivity index is 0.000000353. The van der Waals surface area contributed by atoms with Gasteiger partial charge in [-0.25, -0.2) is 22.9 Å². The molecule has 11 heteroatoms. The van der Waals surface area contributed by atoms with Crippen molar-refractivity contribution in [3.8, 4) is 0 Å². The van der Waals surface area contributed by atoms with E-state index in [1.807, 2.05) is 30.3 Å². The van der Waals surface area contributed by atoms with E-state index >= 15 is 0 Å². The lowest BCUT2D eigenvalue weighted by atomic mass is 10.1. The Morgan fingerprint density at radius 2 is 1.41 bits per heavy atom. The van der Waals surface area contributed by atoms with Crippen molar-refractivity contribution < 1.29 is 22.3 Å². The number of sulfonamides is 1. The van der Waals surface area contributed by atoms with Crippen LogP contribution >= 0.6 is 0 Å². The molecule has 5 N–H and O–H groups in total. The highest BCUT2D eigenvalue weighted by Gasteiger charge is 2.10. The van der Waals surface area contributed by atoms with Crippen LogP contribution in [-0.4, -0.2) is 36.8 Å².